The summed E-state index contributed by atoms with van der Waals surface area (Å²) in [5, 5.41) is 6.24. The van der Waals surface area contributed by atoms with Gasteiger partial charge in [-0.3, -0.25) is 14.4 Å². The topological polar surface area (TPSA) is 115 Å². The summed E-state index contributed by atoms with van der Waals surface area (Å²) in [4.78, 5) is 43.9. The quantitative estimate of drug-likeness (QED) is 0.452. The van der Waals surface area contributed by atoms with Gasteiger partial charge in [0.15, 0.2) is 11.5 Å². The van der Waals surface area contributed by atoms with Crippen LogP contribution in [0.1, 0.15) is 45.1 Å². The van der Waals surface area contributed by atoms with E-state index < -0.39 is 29.6 Å². The van der Waals surface area contributed by atoms with E-state index in [4.69, 9.17) is 18.9 Å². The summed E-state index contributed by atoms with van der Waals surface area (Å²) < 4.78 is 23.0. The van der Waals surface area contributed by atoms with Gasteiger partial charge in [0.05, 0.1) is 24.5 Å². The van der Waals surface area contributed by atoms with Crippen LogP contribution >= 0.6 is 0 Å². The zero-order chi connectivity index (χ0) is 29.7. The Kier molecular flexibility index (Phi) is 7.04. The molecule has 1 spiro atoms. The lowest BCUT2D eigenvalue weighted by Crippen LogP contribution is -2.57. The van der Waals surface area contributed by atoms with Crippen LogP contribution in [0.2, 0.25) is 0 Å². The Morgan fingerprint density at radius 2 is 1.84 bits per heavy atom. The molecule has 1 saturated carbocycles. The van der Waals surface area contributed by atoms with Crippen molar-refractivity contribution in [1.82, 2.24) is 10.2 Å². The summed E-state index contributed by atoms with van der Waals surface area (Å²) in [7, 11) is 0. The highest BCUT2D eigenvalue weighted by Gasteiger charge is 2.72. The van der Waals surface area contributed by atoms with E-state index in [0.717, 1.165) is 31.2 Å². The maximum absolute atomic E-state index is 14.3. The van der Waals surface area contributed by atoms with Crippen molar-refractivity contribution in [3.05, 3.63) is 60.2 Å². The largest absolute Gasteiger partial charge is 0.494 e. The lowest BCUT2D eigenvalue weighted by Gasteiger charge is -2.36. The monoisotopic (exact) mass is 587 g/mol. The lowest BCUT2D eigenvalue weighted by molar-refractivity contribution is -0.142. The summed E-state index contributed by atoms with van der Waals surface area (Å²) >= 11 is 0. The van der Waals surface area contributed by atoms with Crippen LogP contribution in [0.3, 0.4) is 0 Å². The van der Waals surface area contributed by atoms with E-state index in [0.29, 0.717) is 35.5 Å². The molecule has 4 heterocycles. The Labute approximate surface area is 250 Å². The minimum Gasteiger partial charge on any atom is -0.494 e. The van der Waals surface area contributed by atoms with Gasteiger partial charge in [0.1, 0.15) is 17.4 Å². The molecule has 3 amide bonds. The van der Waals surface area contributed by atoms with Gasteiger partial charge in [-0.05, 0) is 67.6 Å². The van der Waals surface area contributed by atoms with Crippen molar-refractivity contribution in [3.63, 3.8) is 0 Å². The number of rotatable bonds is 8. The van der Waals surface area contributed by atoms with Gasteiger partial charge >= 0.3 is 0 Å². The molecule has 2 N–H and O–H groups in total. The number of likely N-dealkylation sites (tertiary alicyclic amines) is 1. The minimum absolute atomic E-state index is 0.0283. The van der Waals surface area contributed by atoms with E-state index in [2.05, 4.69) is 17.6 Å². The van der Waals surface area contributed by atoms with E-state index in [9.17, 15) is 14.4 Å². The smallest absolute Gasteiger partial charge is 0.246 e. The molecule has 0 aromatic heterocycles. The molecule has 43 heavy (non-hydrogen) atoms. The normalized spacial score (nSPS) is 31.7. The fraction of sp³-hybridized carbons (Fsp3) is 0.485. The van der Waals surface area contributed by atoms with Gasteiger partial charge in [0, 0.05) is 18.3 Å². The Morgan fingerprint density at radius 1 is 1.05 bits per heavy atom. The minimum atomic E-state index is -1.24. The molecule has 10 nitrogen and oxygen atoms in total. The van der Waals surface area contributed by atoms with Crippen LogP contribution in [0.15, 0.2) is 54.6 Å². The molecule has 3 fully saturated rings. The number of nitrogens with one attached hydrogen (secondary N) is 2. The second-order valence-electron chi connectivity index (χ2n) is 12.2. The van der Waals surface area contributed by atoms with Crippen LogP contribution in [-0.4, -0.2) is 59.8 Å². The fourth-order valence-electron chi connectivity index (χ4n) is 7.49. The zero-order valence-electron chi connectivity index (χ0n) is 24.4. The van der Waals surface area contributed by atoms with Crippen molar-refractivity contribution in [2.24, 2.45) is 17.8 Å². The maximum atomic E-state index is 14.3. The Bertz CT molecular complexity index is 1460. The number of hydrogen-bond acceptors (Lipinski definition) is 7. The number of anilines is 1. The van der Waals surface area contributed by atoms with Crippen molar-refractivity contribution in [2.75, 3.05) is 18.7 Å². The first-order chi connectivity index (χ1) is 20.9. The average Bonchev–Trinajstić information content (AvgIpc) is 3.76. The van der Waals surface area contributed by atoms with Gasteiger partial charge in [0.25, 0.3) is 0 Å². The van der Waals surface area contributed by atoms with Crippen LogP contribution in [0.4, 0.5) is 5.69 Å². The molecule has 2 bridgehead atoms. The van der Waals surface area contributed by atoms with Gasteiger partial charge in [-0.15, -0.1) is 0 Å². The number of ether oxygens (including phenoxy) is 4. The van der Waals surface area contributed by atoms with Crippen molar-refractivity contribution >= 4 is 23.4 Å². The van der Waals surface area contributed by atoms with E-state index in [-0.39, 0.29) is 37.1 Å². The third-order valence-electron chi connectivity index (χ3n) is 9.59. The molecule has 5 aliphatic rings. The SMILES string of the molecule is CCOc1ccc(NC(=O)[C@@H]2[C@@H]3C=C[C@]4(O3)[C@@H]2C(=O)N(Cc2ccc3c(c2)OCO3)[C@H]4C(=O)N[C@H]2CCCC[C@@H]2C)cc1. The first-order valence-corrected chi connectivity index (χ1v) is 15.3. The van der Waals surface area contributed by atoms with Crippen LogP contribution in [-0.2, 0) is 25.7 Å². The maximum Gasteiger partial charge on any atom is 0.246 e. The number of hydrogen-bond donors (Lipinski definition) is 2. The number of benzene rings is 2. The number of nitrogens with zero attached hydrogens (tertiary/aromatic N) is 1. The lowest BCUT2D eigenvalue weighted by atomic mass is 9.74. The molecule has 1 aliphatic carbocycles. The van der Waals surface area contributed by atoms with Crippen molar-refractivity contribution in [1.29, 1.82) is 0 Å². The van der Waals surface area contributed by atoms with Gasteiger partial charge < -0.3 is 34.5 Å². The molecule has 7 rings (SSSR count). The molecular weight excluding hydrogens is 550 g/mol. The molecular formula is C33H37N3O7. The molecule has 2 aromatic rings. The number of amides is 3. The number of fused-ring (bicyclic) bond motifs is 2. The number of carbonyl (C=O) groups excluding carboxylic acids is 3. The van der Waals surface area contributed by atoms with Crippen molar-refractivity contribution in [2.45, 2.75) is 69.9 Å². The third-order valence-corrected chi connectivity index (χ3v) is 9.59. The second kappa shape index (κ2) is 10.9. The molecule has 10 heteroatoms. The van der Waals surface area contributed by atoms with Gasteiger partial charge in [-0.1, -0.05) is 38.0 Å². The van der Waals surface area contributed by atoms with E-state index in [1.165, 1.54) is 0 Å². The molecule has 0 unspecified atom stereocenters. The zero-order valence-corrected chi connectivity index (χ0v) is 24.4. The molecule has 4 aliphatic heterocycles. The van der Waals surface area contributed by atoms with Crippen molar-refractivity contribution in [3.8, 4) is 17.2 Å². The first kappa shape index (κ1) is 27.8. The van der Waals surface area contributed by atoms with Crippen LogP contribution < -0.4 is 24.8 Å². The highest BCUT2D eigenvalue weighted by Crippen LogP contribution is 2.55. The predicted octanol–water partition coefficient (Wildman–Crippen LogP) is 3.80. The highest BCUT2D eigenvalue weighted by molar-refractivity contribution is 6.02. The van der Waals surface area contributed by atoms with Crippen LogP contribution in [0.5, 0.6) is 17.2 Å². The molecule has 2 aromatic carbocycles. The average molecular weight is 588 g/mol. The first-order valence-electron chi connectivity index (χ1n) is 15.3. The second-order valence-corrected chi connectivity index (χ2v) is 12.2. The summed E-state index contributed by atoms with van der Waals surface area (Å²) in [6.45, 7) is 4.92. The highest BCUT2D eigenvalue weighted by atomic mass is 16.7. The van der Waals surface area contributed by atoms with Gasteiger partial charge in [-0.25, -0.2) is 0 Å². The Morgan fingerprint density at radius 3 is 2.63 bits per heavy atom. The predicted molar refractivity (Wildman–Crippen MR) is 156 cm³/mol. The Balaban J connectivity index is 1.19. The molecule has 7 atom stereocenters. The third kappa shape index (κ3) is 4.72. The molecule has 226 valence electrons. The number of carbonyl (C=O) groups is 3. The van der Waals surface area contributed by atoms with Crippen LogP contribution in [0.25, 0.3) is 0 Å². The van der Waals surface area contributed by atoms with E-state index in [1.54, 1.807) is 29.2 Å². The summed E-state index contributed by atoms with van der Waals surface area (Å²) in [6, 6.07) is 11.7. The Hall–Kier alpha value is -4.05. The summed E-state index contributed by atoms with van der Waals surface area (Å²) in [6.07, 6.45) is 7.23. The fourth-order valence-corrected chi connectivity index (χ4v) is 7.49. The standard InChI is InChI=1S/C33H37N3O7/c1-3-40-22-11-9-21(10-12-22)34-30(37)27-25-14-15-33(43-25)28(27)32(39)36(17-20-8-13-24-26(16-20)42-18-41-24)29(33)31(38)35-23-7-5-4-6-19(23)2/h8-16,19,23,25,27-29H,3-7,17-18H2,1-2H3,(H,34,37)(H,35,38)/t19-,23-,25-,27+,28-,29-,33-/m0/s1. The van der Waals surface area contributed by atoms with E-state index >= 15 is 0 Å². The summed E-state index contributed by atoms with van der Waals surface area (Å²) in [5.74, 6) is -0.155. The van der Waals surface area contributed by atoms with Gasteiger partial charge in [0.2, 0.25) is 24.5 Å². The van der Waals surface area contributed by atoms with E-state index in [1.807, 2.05) is 37.3 Å². The van der Waals surface area contributed by atoms with Crippen LogP contribution in [0, 0.1) is 17.8 Å². The summed E-state index contributed by atoms with van der Waals surface area (Å²) in [5.41, 5.74) is 0.158. The molecule has 2 saturated heterocycles. The molecule has 0 radical (unpaired) electrons. The van der Waals surface area contributed by atoms with Gasteiger partial charge in [-0.2, -0.15) is 0 Å². The van der Waals surface area contributed by atoms with Crippen molar-refractivity contribution < 1.29 is 33.3 Å².